The van der Waals surface area contributed by atoms with E-state index in [4.69, 9.17) is 5.14 Å². The zero-order chi connectivity index (χ0) is 14.8. The van der Waals surface area contributed by atoms with Crippen molar-refractivity contribution in [2.24, 2.45) is 5.14 Å². The summed E-state index contributed by atoms with van der Waals surface area (Å²) in [5.41, 5.74) is 0.405. The lowest BCUT2D eigenvalue weighted by Gasteiger charge is -2.28. The van der Waals surface area contributed by atoms with Gasteiger partial charge in [0.05, 0.1) is 10.9 Å². The predicted octanol–water partition coefficient (Wildman–Crippen LogP) is -0.778. The quantitative estimate of drug-likeness (QED) is 0.585. The monoisotopic (exact) mass is 298 g/mol. The Kier molecular flexibility index (Phi) is 4.39. The van der Waals surface area contributed by atoms with Crippen molar-refractivity contribution in [1.82, 2.24) is 10.6 Å². The molecule has 1 saturated heterocycles. The van der Waals surface area contributed by atoms with Crippen LogP contribution >= 0.6 is 0 Å². The summed E-state index contributed by atoms with van der Waals surface area (Å²) < 4.78 is 22.5. The van der Waals surface area contributed by atoms with Crippen LogP contribution in [0.1, 0.15) is 6.92 Å². The van der Waals surface area contributed by atoms with Crippen LogP contribution in [0.3, 0.4) is 0 Å². The molecule has 1 aromatic rings. The summed E-state index contributed by atoms with van der Waals surface area (Å²) >= 11 is 0. The highest BCUT2D eigenvalue weighted by Gasteiger charge is 2.23. The van der Waals surface area contributed by atoms with E-state index in [0.717, 1.165) is 0 Å². The minimum absolute atomic E-state index is 0.0290. The molecule has 0 spiro atoms. The van der Waals surface area contributed by atoms with E-state index in [2.05, 4.69) is 16.0 Å². The molecule has 2 atom stereocenters. The van der Waals surface area contributed by atoms with Gasteiger partial charge in [-0.25, -0.2) is 13.6 Å². The average molecular weight is 298 g/mol. The fraction of sp³-hybridized carbons (Fsp3) is 0.417. The molecule has 1 amide bonds. The van der Waals surface area contributed by atoms with Gasteiger partial charge in [0.1, 0.15) is 0 Å². The molecule has 1 fully saturated rings. The van der Waals surface area contributed by atoms with Crippen LogP contribution < -0.4 is 21.1 Å². The molecule has 7 nitrogen and oxygen atoms in total. The summed E-state index contributed by atoms with van der Waals surface area (Å²) in [5, 5.41) is 14.0. The van der Waals surface area contributed by atoms with Crippen LogP contribution in [0.4, 0.5) is 5.69 Å². The number of nitrogens with two attached hydrogens (primary N) is 1. The van der Waals surface area contributed by atoms with Crippen LogP contribution in [0.25, 0.3) is 0 Å². The van der Waals surface area contributed by atoms with Crippen molar-refractivity contribution in [2.75, 3.05) is 18.4 Å². The number of hydrogen-bond acceptors (Lipinski definition) is 5. The molecule has 8 heteroatoms. The highest BCUT2D eigenvalue weighted by molar-refractivity contribution is 7.89. The largest absolute Gasteiger partial charge is 0.325 e. The molecule has 110 valence electrons. The van der Waals surface area contributed by atoms with Gasteiger partial charge in [-0.15, -0.1) is 0 Å². The summed E-state index contributed by atoms with van der Waals surface area (Å²) in [5.74, 6) is -0.212. The molecule has 20 heavy (non-hydrogen) atoms. The third-order valence-electron chi connectivity index (χ3n) is 3.09. The summed E-state index contributed by atoms with van der Waals surface area (Å²) in [6, 6.07) is 5.85. The van der Waals surface area contributed by atoms with Crippen molar-refractivity contribution >= 4 is 21.6 Å². The fourth-order valence-corrected chi connectivity index (χ4v) is 2.51. The van der Waals surface area contributed by atoms with E-state index in [1.54, 1.807) is 6.07 Å². The van der Waals surface area contributed by atoms with Gasteiger partial charge < -0.3 is 16.0 Å². The van der Waals surface area contributed by atoms with Crippen molar-refractivity contribution in [1.29, 1.82) is 0 Å². The predicted molar refractivity (Wildman–Crippen MR) is 75.7 cm³/mol. The van der Waals surface area contributed by atoms with Crippen LogP contribution in [0, 0.1) is 0 Å². The van der Waals surface area contributed by atoms with Crippen molar-refractivity contribution in [2.45, 2.75) is 23.9 Å². The third-order valence-corrected chi connectivity index (χ3v) is 4.00. The van der Waals surface area contributed by atoms with Crippen LogP contribution in [0.15, 0.2) is 29.2 Å². The second-order valence-corrected chi connectivity index (χ2v) is 6.39. The molecule has 0 saturated carbocycles. The van der Waals surface area contributed by atoms with E-state index in [-0.39, 0.29) is 16.8 Å². The van der Waals surface area contributed by atoms with E-state index in [1.807, 2.05) is 6.92 Å². The molecule has 2 unspecified atom stereocenters. The number of sulfonamides is 1. The lowest BCUT2D eigenvalue weighted by molar-refractivity contribution is -0.118. The van der Waals surface area contributed by atoms with E-state index in [0.29, 0.717) is 24.8 Å². The first kappa shape index (κ1) is 14.9. The van der Waals surface area contributed by atoms with Gasteiger partial charge in [0, 0.05) is 24.8 Å². The molecule has 0 bridgehead atoms. The normalized spacial score (nSPS) is 23.3. The zero-order valence-corrected chi connectivity index (χ0v) is 11.9. The maximum Gasteiger partial charge on any atom is 0.242 e. The molecule has 1 aliphatic rings. The molecule has 0 aromatic heterocycles. The first-order valence-corrected chi connectivity index (χ1v) is 7.81. The number of piperazine rings is 1. The van der Waals surface area contributed by atoms with Crippen molar-refractivity contribution in [3.05, 3.63) is 24.3 Å². The number of benzene rings is 1. The topological polar surface area (TPSA) is 113 Å². The maximum absolute atomic E-state index is 12.0. The number of anilines is 1. The molecule has 2 rings (SSSR count). The average Bonchev–Trinajstić information content (AvgIpc) is 2.38. The van der Waals surface area contributed by atoms with E-state index < -0.39 is 10.0 Å². The Morgan fingerprint density at radius 3 is 2.70 bits per heavy atom. The van der Waals surface area contributed by atoms with Gasteiger partial charge in [-0.3, -0.25) is 4.79 Å². The molecular weight excluding hydrogens is 280 g/mol. The number of carbonyl (C=O) groups is 1. The Hall–Kier alpha value is -1.48. The highest BCUT2D eigenvalue weighted by atomic mass is 32.2. The van der Waals surface area contributed by atoms with Crippen LogP contribution in [0.2, 0.25) is 0 Å². The number of rotatable bonds is 3. The Labute approximate surface area is 118 Å². The van der Waals surface area contributed by atoms with Gasteiger partial charge in [0.15, 0.2) is 0 Å². The Bertz CT molecular complexity index is 594. The molecule has 1 aromatic carbocycles. The van der Waals surface area contributed by atoms with E-state index in [9.17, 15) is 13.2 Å². The molecule has 5 N–H and O–H groups in total. The van der Waals surface area contributed by atoms with Crippen LogP contribution in [-0.4, -0.2) is 39.5 Å². The van der Waals surface area contributed by atoms with Gasteiger partial charge in [0.25, 0.3) is 0 Å². The standard InChI is InChI=1S/C12H18N4O3S/c1-8-6-15-11(7-14-8)12(17)16-9-3-2-4-10(5-9)20(13,18)19/h2-5,8,11,14-15H,6-7H2,1H3,(H,16,17)(H2,13,18,19). The van der Waals surface area contributed by atoms with Crippen molar-refractivity contribution in [3.8, 4) is 0 Å². The molecule has 1 heterocycles. The molecular formula is C12H18N4O3S. The van der Waals surface area contributed by atoms with E-state index in [1.165, 1.54) is 18.2 Å². The molecule has 1 aliphatic heterocycles. The first-order chi connectivity index (χ1) is 9.36. The zero-order valence-electron chi connectivity index (χ0n) is 11.1. The summed E-state index contributed by atoms with van der Waals surface area (Å²) in [7, 11) is -3.77. The summed E-state index contributed by atoms with van der Waals surface area (Å²) in [4.78, 5) is 12.0. The lowest BCUT2D eigenvalue weighted by Crippen LogP contribution is -2.57. The fourth-order valence-electron chi connectivity index (χ4n) is 1.95. The van der Waals surface area contributed by atoms with Crippen molar-refractivity contribution in [3.63, 3.8) is 0 Å². The van der Waals surface area contributed by atoms with Gasteiger partial charge in [0.2, 0.25) is 15.9 Å². The SMILES string of the molecule is CC1CNC(C(=O)Nc2cccc(S(N)(=O)=O)c2)CN1. The van der Waals surface area contributed by atoms with Gasteiger partial charge in [-0.05, 0) is 25.1 Å². The highest BCUT2D eigenvalue weighted by Crippen LogP contribution is 2.14. The van der Waals surface area contributed by atoms with Crippen LogP contribution in [0.5, 0.6) is 0 Å². The number of nitrogens with one attached hydrogen (secondary N) is 3. The smallest absolute Gasteiger partial charge is 0.242 e. The van der Waals surface area contributed by atoms with E-state index >= 15 is 0 Å². The number of amides is 1. The number of primary sulfonamides is 1. The summed E-state index contributed by atoms with van der Waals surface area (Å²) in [6.07, 6.45) is 0. The van der Waals surface area contributed by atoms with Crippen molar-refractivity contribution < 1.29 is 13.2 Å². The Balaban J connectivity index is 2.05. The molecule has 0 radical (unpaired) electrons. The van der Waals surface area contributed by atoms with Gasteiger partial charge in [-0.1, -0.05) is 6.07 Å². The lowest BCUT2D eigenvalue weighted by atomic mass is 10.1. The van der Waals surface area contributed by atoms with Gasteiger partial charge >= 0.3 is 0 Å². The van der Waals surface area contributed by atoms with Gasteiger partial charge in [-0.2, -0.15) is 0 Å². The minimum Gasteiger partial charge on any atom is -0.325 e. The van der Waals surface area contributed by atoms with Crippen LogP contribution in [-0.2, 0) is 14.8 Å². The molecule has 0 aliphatic carbocycles. The maximum atomic E-state index is 12.0. The number of carbonyl (C=O) groups excluding carboxylic acids is 1. The number of hydrogen-bond donors (Lipinski definition) is 4. The second kappa shape index (κ2) is 5.88. The third kappa shape index (κ3) is 3.76. The minimum atomic E-state index is -3.77. The first-order valence-electron chi connectivity index (χ1n) is 6.27. The summed E-state index contributed by atoms with van der Waals surface area (Å²) in [6.45, 7) is 3.26. The Morgan fingerprint density at radius 2 is 2.10 bits per heavy atom. The second-order valence-electron chi connectivity index (χ2n) is 4.83. The Morgan fingerprint density at radius 1 is 1.35 bits per heavy atom.